The fraction of sp³-hybridized carbons (Fsp3) is 0.364. The molecule has 2 N–H and O–H groups in total. The average Bonchev–Trinajstić information content (AvgIpc) is 3.20. The van der Waals surface area contributed by atoms with Gasteiger partial charge in [-0.05, 0) is 49.6 Å². The first-order valence-corrected chi connectivity index (χ1v) is 11.6. The van der Waals surface area contributed by atoms with Crippen LogP contribution in [0.4, 0.5) is 4.39 Å². The standard InChI is InChI=1S/C22H26FN3O5S/c1-14-10-15(2)20(16(3)11-14)32(29,30)26-8-9-31-19(26)13-25-22(28)21(27)24-12-17-4-6-18(23)7-5-17/h4-7,10-11,19H,8-9,12-13H2,1-3H3,(H,24,27)(H,25,28)/t19-/m1/s1. The number of aryl methyl sites for hydroxylation is 3. The van der Waals surface area contributed by atoms with Crippen LogP contribution < -0.4 is 10.6 Å². The third-order valence-corrected chi connectivity index (χ3v) is 7.32. The van der Waals surface area contributed by atoms with E-state index in [9.17, 15) is 22.4 Å². The molecule has 1 aliphatic rings. The molecular weight excluding hydrogens is 437 g/mol. The fourth-order valence-corrected chi connectivity index (χ4v) is 5.68. The van der Waals surface area contributed by atoms with Gasteiger partial charge >= 0.3 is 11.8 Å². The van der Waals surface area contributed by atoms with Gasteiger partial charge < -0.3 is 15.4 Å². The second-order valence-corrected chi connectivity index (χ2v) is 9.52. The first-order chi connectivity index (χ1) is 15.1. The average molecular weight is 464 g/mol. The van der Waals surface area contributed by atoms with Crippen molar-refractivity contribution in [2.45, 2.75) is 38.4 Å². The summed E-state index contributed by atoms with van der Waals surface area (Å²) >= 11 is 0. The highest BCUT2D eigenvalue weighted by molar-refractivity contribution is 7.89. The molecule has 0 spiro atoms. The summed E-state index contributed by atoms with van der Waals surface area (Å²) < 4.78 is 46.2. The van der Waals surface area contributed by atoms with Gasteiger partial charge in [-0.3, -0.25) is 9.59 Å². The first-order valence-electron chi connectivity index (χ1n) is 10.1. The second kappa shape index (κ2) is 9.76. The maximum absolute atomic E-state index is 13.3. The number of hydrogen-bond donors (Lipinski definition) is 2. The number of nitrogens with zero attached hydrogens (tertiary/aromatic N) is 1. The van der Waals surface area contributed by atoms with Crippen LogP contribution in [0.3, 0.4) is 0 Å². The van der Waals surface area contributed by atoms with Crippen LogP contribution in [0.25, 0.3) is 0 Å². The van der Waals surface area contributed by atoms with Crippen molar-refractivity contribution in [3.8, 4) is 0 Å². The summed E-state index contributed by atoms with van der Waals surface area (Å²) in [6.07, 6.45) is -0.922. The van der Waals surface area contributed by atoms with Crippen molar-refractivity contribution in [2.24, 2.45) is 0 Å². The highest BCUT2D eigenvalue weighted by Crippen LogP contribution is 2.28. The number of carbonyl (C=O) groups excluding carboxylic acids is 2. The van der Waals surface area contributed by atoms with Crippen LogP contribution in [0.2, 0.25) is 0 Å². The number of amides is 2. The van der Waals surface area contributed by atoms with E-state index in [2.05, 4.69) is 10.6 Å². The topological polar surface area (TPSA) is 105 Å². The molecule has 1 saturated heterocycles. The van der Waals surface area contributed by atoms with Crippen molar-refractivity contribution < 1.29 is 27.1 Å². The Morgan fingerprint density at radius 3 is 2.28 bits per heavy atom. The minimum absolute atomic E-state index is 0.0545. The van der Waals surface area contributed by atoms with Crippen LogP contribution in [-0.2, 0) is 30.9 Å². The van der Waals surface area contributed by atoms with Crippen molar-refractivity contribution in [3.05, 3.63) is 64.5 Å². The molecule has 0 radical (unpaired) electrons. The van der Waals surface area contributed by atoms with Crippen molar-refractivity contribution in [2.75, 3.05) is 19.7 Å². The van der Waals surface area contributed by atoms with Gasteiger partial charge in [0, 0.05) is 13.1 Å². The predicted octanol–water partition coefficient (Wildman–Crippen LogP) is 1.53. The Bertz CT molecular complexity index is 1100. The number of ether oxygens (including phenoxy) is 1. The Hall–Kier alpha value is -2.82. The third-order valence-electron chi connectivity index (χ3n) is 5.12. The number of carbonyl (C=O) groups is 2. The van der Waals surface area contributed by atoms with Crippen LogP contribution >= 0.6 is 0 Å². The molecule has 32 heavy (non-hydrogen) atoms. The normalized spacial score (nSPS) is 16.7. The molecule has 1 fully saturated rings. The summed E-state index contributed by atoms with van der Waals surface area (Å²) in [6, 6.07) is 9.12. The molecule has 0 aromatic heterocycles. The van der Waals surface area contributed by atoms with Gasteiger partial charge in [-0.1, -0.05) is 29.8 Å². The van der Waals surface area contributed by atoms with E-state index in [0.29, 0.717) is 16.7 Å². The quantitative estimate of drug-likeness (QED) is 0.633. The summed E-state index contributed by atoms with van der Waals surface area (Å²) in [5.74, 6) is -2.19. The number of halogens is 1. The van der Waals surface area contributed by atoms with Crippen LogP contribution in [0.1, 0.15) is 22.3 Å². The van der Waals surface area contributed by atoms with Gasteiger partial charge in [-0.25, -0.2) is 12.8 Å². The molecule has 8 nitrogen and oxygen atoms in total. The summed E-state index contributed by atoms with van der Waals surface area (Å²) in [7, 11) is -3.86. The van der Waals surface area contributed by atoms with E-state index in [-0.39, 0.29) is 31.1 Å². The summed E-state index contributed by atoms with van der Waals surface area (Å²) in [5, 5.41) is 4.85. The highest BCUT2D eigenvalue weighted by Gasteiger charge is 2.38. The molecule has 10 heteroatoms. The Kier molecular flexibility index (Phi) is 7.27. The van der Waals surface area contributed by atoms with Gasteiger partial charge in [0.15, 0.2) is 0 Å². The molecule has 2 aromatic rings. The van der Waals surface area contributed by atoms with E-state index in [1.165, 1.54) is 28.6 Å². The van der Waals surface area contributed by atoms with Gasteiger partial charge in [-0.2, -0.15) is 4.31 Å². The molecule has 0 bridgehead atoms. The second-order valence-electron chi connectivity index (χ2n) is 7.69. The van der Waals surface area contributed by atoms with E-state index in [1.54, 1.807) is 26.0 Å². The lowest BCUT2D eigenvalue weighted by atomic mass is 10.1. The van der Waals surface area contributed by atoms with Crippen LogP contribution in [0, 0.1) is 26.6 Å². The van der Waals surface area contributed by atoms with Gasteiger partial charge in [0.25, 0.3) is 0 Å². The molecule has 1 heterocycles. The minimum atomic E-state index is -3.86. The number of sulfonamides is 1. The molecule has 2 aromatic carbocycles. The summed E-state index contributed by atoms with van der Waals surface area (Å²) in [4.78, 5) is 24.4. The maximum Gasteiger partial charge on any atom is 0.309 e. The molecule has 2 amide bonds. The predicted molar refractivity (Wildman–Crippen MR) is 116 cm³/mol. The van der Waals surface area contributed by atoms with Crippen LogP contribution in [0.5, 0.6) is 0 Å². The zero-order valence-corrected chi connectivity index (χ0v) is 19.0. The third kappa shape index (κ3) is 5.32. The Balaban J connectivity index is 1.61. The lowest BCUT2D eigenvalue weighted by molar-refractivity contribution is -0.139. The van der Waals surface area contributed by atoms with Crippen molar-refractivity contribution in [1.29, 1.82) is 0 Å². The Morgan fingerprint density at radius 1 is 1.06 bits per heavy atom. The largest absolute Gasteiger partial charge is 0.359 e. The van der Waals surface area contributed by atoms with E-state index < -0.39 is 33.9 Å². The van der Waals surface area contributed by atoms with Crippen molar-refractivity contribution >= 4 is 21.8 Å². The first kappa shape index (κ1) is 23.8. The minimum Gasteiger partial charge on any atom is -0.359 e. The number of nitrogens with one attached hydrogen (secondary N) is 2. The summed E-state index contributed by atoms with van der Waals surface area (Å²) in [6.45, 7) is 5.59. The lowest BCUT2D eigenvalue weighted by Gasteiger charge is -2.24. The summed E-state index contributed by atoms with van der Waals surface area (Å²) in [5.41, 5.74) is 2.87. The van der Waals surface area contributed by atoms with Gasteiger partial charge in [0.2, 0.25) is 10.0 Å². The molecule has 0 aliphatic carbocycles. The molecule has 1 atom stereocenters. The SMILES string of the molecule is Cc1cc(C)c(S(=O)(=O)N2CCO[C@@H]2CNC(=O)C(=O)NCc2ccc(F)cc2)c(C)c1. The van der Waals surface area contributed by atoms with E-state index >= 15 is 0 Å². The molecular formula is C22H26FN3O5S. The lowest BCUT2D eigenvalue weighted by Crippen LogP contribution is -2.47. The fourth-order valence-electron chi connectivity index (χ4n) is 3.76. The van der Waals surface area contributed by atoms with E-state index in [1.807, 2.05) is 6.92 Å². The van der Waals surface area contributed by atoms with E-state index in [0.717, 1.165) is 5.56 Å². The smallest absolute Gasteiger partial charge is 0.309 e. The number of rotatable bonds is 6. The Morgan fingerprint density at radius 2 is 1.66 bits per heavy atom. The molecule has 172 valence electrons. The molecule has 3 rings (SSSR count). The molecule has 1 aliphatic heterocycles. The van der Waals surface area contributed by atoms with Crippen LogP contribution in [-0.4, -0.2) is 50.5 Å². The highest BCUT2D eigenvalue weighted by atomic mass is 32.2. The van der Waals surface area contributed by atoms with E-state index in [4.69, 9.17) is 4.74 Å². The zero-order valence-electron chi connectivity index (χ0n) is 18.1. The maximum atomic E-state index is 13.3. The molecule has 0 saturated carbocycles. The zero-order chi connectivity index (χ0) is 23.5. The monoisotopic (exact) mass is 463 g/mol. The van der Waals surface area contributed by atoms with Gasteiger partial charge in [0.1, 0.15) is 12.0 Å². The van der Waals surface area contributed by atoms with Gasteiger partial charge in [0.05, 0.1) is 18.0 Å². The molecule has 0 unspecified atom stereocenters. The van der Waals surface area contributed by atoms with Gasteiger partial charge in [-0.15, -0.1) is 0 Å². The van der Waals surface area contributed by atoms with Crippen molar-refractivity contribution in [3.63, 3.8) is 0 Å². The van der Waals surface area contributed by atoms with Crippen LogP contribution in [0.15, 0.2) is 41.3 Å². The number of benzene rings is 2. The van der Waals surface area contributed by atoms with Crippen molar-refractivity contribution in [1.82, 2.24) is 14.9 Å². The number of hydrogen-bond acceptors (Lipinski definition) is 5. The Labute approximate surface area is 186 Å².